The number of aliphatic hydroxyl groups excluding tert-OH is 1. The van der Waals surface area contributed by atoms with E-state index in [9.17, 15) is 5.11 Å². The summed E-state index contributed by atoms with van der Waals surface area (Å²) in [6.45, 7) is 6.35. The zero-order valence-electron chi connectivity index (χ0n) is 11.5. The third-order valence-corrected chi connectivity index (χ3v) is 3.18. The summed E-state index contributed by atoms with van der Waals surface area (Å²) in [5, 5.41) is 12.4. The Labute approximate surface area is 113 Å². The summed E-state index contributed by atoms with van der Waals surface area (Å²) in [5.74, 6) is 1.62. The van der Waals surface area contributed by atoms with Gasteiger partial charge in [0.15, 0.2) is 0 Å². The van der Waals surface area contributed by atoms with Gasteiger partial charge in [-0.25, -0.2) is 4.98 Å². The van der Waals surface area contributed by atoms with Crippen LogP contribution in [-0.2, 0) is 4.74 Å². The molecule has 1 aromatic rings. The van der Waals surface area contributed by atoms with Crippen LogP contribution in [0.25, 0.3) is 0 Å². The molecule has 2 unspecified atom stereocenters. The van der Waals surface area contributed by atoms with E-state index in [0.29, 0.717) is 13.2 Å². The van der Waals surface area contributed by atoms with E-state index < -0.39 is 0 Å². The molecule has 2 heterocycles. The number of aromatic nitrogens is 2. The number of nitrogens with one attached hydrogen (secondary N) is 1. The maximum absolute atomic E-state index is 9.21. The third-order valence-electron chi connectivity index (χ3n) is 3.18. The lowest BCUT2D eigenvalue weighted by molar-refractivity contribution is -0.0105. The molecular formula is C13H22N4O2. The van der Waals surface area contributed by atoms with E-state index in [0.717, 1.165) is 24.6 Å². The van der Waals surface area contributed by atoms with Crippen molar-refractivity contribution in [3.05, 3.63) is 12.4 Å². The third kappa shape index (κ3) is 3.54. The molecule has 1 aliphatic heterocycles. The molecule has 0 spiro atoms. The number of hydrogen-bond acceptors (Lipinski definition) is 6. The lowest BCUT2D eigenvalue weighted by Gasteiger charge is -2.38. The van der Waals surface area contributed by atoms with E-state index in [4.69, 9.17) is 4.74 Å². The normalized spacial score (nSPS) is 23.4. The van der Waals surface area contributed by atoms with Crippen molar-refractivity contribution in [2.45, 2.75) is 32.4 Å². The molecule has 2 atom stereocenters. The molecule has 0 radical (unpaired) electrons. The molecule has 1 aromatic heterocycles. The second kappa shape index (κ2) is 6.68. The van der Waals surface area contributed by atoms with E-state index in [-0.39, 0.29) is 18.8 Å². The molecule has 0 saturated carbocycles. The first-order valence-electron chi connectivity index (χ1n) is 6.79. The molecule has 2 rings (SSSR count). The lowest BCUT2D eigenvalue weighted by Crippen LogP contribution is -2.50. The van der Waals surface area contributed by atoms with Crippen LogP contribution in [0, 0.1) is 0 Å². The summed E-state index contributed by atoms with van der Waals surface area (Å²) < 4.78 is 5.53. The molecule has 6 heteroatoms. The van der Waals surface area contributed by atoms with Gasteiger partial charge in [-0.2, -0.15) is 0 Å². The molecule has 0 aliphatic carbocycles. The van der Waals surface area contributed by atoms with Gasteiger partial charge in [-0.3, -0.25) is 4.98 Å². The molecule has 106 valence electrons. The summed E-state index contributed by atoms with van der Waals surface area (Å²) in [5.41, 5.74) is 0. The van der Waals surface area contributed by atoms with Crippen LogP contribution in [-0.4, -0.2) is 53.5 Å². The highest BCUT2D eigenvalue weighted by Gasteiger charge is 2.26. The Morgan fingerprint density at radius 3 is 3.11 bits per heavy atom. The minimum absolute atomic E-state index is 0.0322. The predicted octanol–water partition coefficient (Wildman–Crippen LogP) is 0.884. The van der Waals surface area contributed by atoms with Gasteiger partial charge in [0.1, 0.15) is 11.6 Å². The second-order valence-electron chi connectivity index (χ2n) is 4.83. The number of hydrogen-bond donors (Lipinski definition) is 2. The highest BCUT2D eigenvalue weighted by Crippen LogP contribution is 2.20. The minimum Gasteiger partial charge on any atom is -0.394 e. The van der Waals surface area contributed by atoms with Crippen LogP contribution in [0.15, 0.2) is 12.4 Å². The van der Waals surface area contributed by atoms with Crippen LogP contribution in [0.5, 0.6) is 0 Å². The van der Waals surface area contributed by atoms with E-state index in [1.165, 1.54) is 0 Å². The standard InChI is InChI=1S/C13H22N4O2/c1-3-4-15-12-5-14-6-13(16-12)17-7-11(8-18)19-9-10(17)2/h5-6,10-11,18H,3-4,7-9H2,1-2H3,(H,15,16). The summed E-state index contributed by atoms with van der Waals surface area (Å²) in [7, 11) is 0. The Morgan fingerprint density at radius 1 is 1.53 bits per heavy atom. The van der Waals surface area contributed by atoms with Gasteiger partial charge >= 0.3 is 0 Å². The van der Waals surface area contributed by atoms with E-state index >= 15 is 0 Å². The second-order valence-corrected chi connectivity index (χ2v) is 4.83. The number of rotatable bonds is 5. The maximum atomic E-state index is 9.21. The molecule has 6 nitrogen and oxygen atoms in total. The maximum Gasteiger partial charge on any atom is 0.149 e. The Morgan fingerprint density at radius 2 is 2.37 bits per heavy atom. The topological polar surface area (TPSA) is 70.5 Å². The molecule has 1 saturated heterocycles. The highest BCUT2D eigenvalue weighted by molar-refractivity contribution is 5.45. The van der Waals surface area contributed by atoms with Crippen LogP contribution in [0.1, 0.15) is 20.3 Å². The first-order valence-corrected chi connectivity index (χ1v) is 6.79. The Hall–Kier alpha value is -1.40. The number of nitrogens with zero attached hydrogens (tertiary/aromatic N) is 3. The van der Waals surface area contributed by atoms with Crippen molar-refractivity contribution in [1.82, 2.24) is 9.97 Å². The van der Waals surface area contributed by atoms with Crippen molar-refractivity contribution < 1.29 is 9.84 Å². The van der Waals surface area contributed by atoms with Gasteiger partial charge in [0.2, 0.25) is 0 Å². The van der Waals surface area contributed by atoms with Gasteiger partial charge in [0.05, 0.1) is 37.8 Å². The molecule has 1 fully saturated rings. The van der Waals surface area contributed by atoms with Crippen LogP contribution >= 0.6 is 0 Å². The van der Waals surface area contributed by atoms with Gasteiger partial charge in [-0.05, 0) is 13.3 Å². The largest absolute Gasteiger partial charge is 0.394 e. The number of morpholine rings is 1. The Balaban J connectivity index is 2.10. The molecular weight excluding hydrogens is 244 g/mol. The van der Waals surface area contributed by atoms with Crippen molar-refractivity contribution in [3.8, 4) is 0 Å². The first kappa shape index (κ1) is 14.0. The summed E-state index contributed by atoms with van der Waals surface area (Å²) in [6.07, 6.45) is 4.39. The van der Waals surface area contributed by atoms with E-state index in [1.807, 2.05) is 0 Å². The number of aliphatic hydroxyl groups is 1. The average Bonchev–Trinajstić information content (AvgIpc) is 2.46. The van der Waals surface area contributed by atoms with Crippen molar-refractivity contribution >= 4 is 11.6 Å². The van der Waals surface area contributed by atoms with Crippen LogP contribution < -0.4 is 10.2 Å². The Bertz CT molecular complexity index is 402. The van der Waals surface area contributed by atoms with Gasteiger partial charge in [-0.1, -0.05) is 6.92 Å². The van der Waals surface area contributed by atoms with E-state index in [1.54, 1.807) is 12.4 Å². The predicted molar refractivity (Wildman–Crippen MR) is 74.4 cm³/mol. The minimum atomic E-state index is -0.148. The molecule has 2 N–H and O–H groups in total. The zero-order chi connectivity index (χ0) is 13.7. The smallest absolute Gasteiger partial charge is 0.149 e. The fourth-order valence-electron chi connectivity index (χ4n) is 2.08. The summed E-state index contributed by atoms with van der Waals surface area (Å²) in [6, 6.07) is 0.235. The quantitative estimate of drug-likeness (QED) is 0.824. The lowest BCUT2D eigenvalue weighted by atomic mass is 10.2. The van der Waals surface area contributed by atoms with Gasteiger partial charge in [-0.15, -0.1) is 0 Å². The molecule has 19 heavy (non-hydrogen) atoms. The van der Waals surface area contributed by atoms with Crippen molar-refractivity contribution in [2.24, 2.45) is 0 Å². The van der Waals surface area contributed by atoms with Crippen LogP contribution in [0.3, 0.4) is 0 Å². The monoisotopic (exact) mass is 266 g/mol. The molecule has 0 aromatic carbocycles. The zero-order valence-corrected chi connectivity index (χ0v) is 11.5. The average molecular weight is 266 g/mol. The van der Waals surface area contributed by atoms with E-state index in [2.05, 4.69) is 34.0 Å². The molecule has 0 amide bonds. The summed E-state index contributed by atoms with van der Waals surface area (Å²) >= 11 is 0. The Kier molecular flexibility index (Phi) is 4.93. The van der Waals surface area contributed by atoms with Gasteiger partial charge < -0.3 is 20.1 Å². The number of anilines is 2. The molecule has 0 bridgehead atoms. The fraction of sp³-hybridized carbons (Fsp3) is 0.692. The van der Waals surface area contributed by atoms with Crippen LogP contribution in [0.2, 0.25) is 0 Å². The van der Waals surface area contributed by atoms with Crippen LogP contribution in [0.4, 0.5) is 11.6 Å². The van der Waals surface area contributed by atoms with Gasteiger partial charge in [0.25, 0.3) is 0 Å². The molecule has 1 aliphatic rings. The SMILES string of the molecule is CCCNc1cncc(N2CC(CO)OCC2C)n1. The highest BCUT2D eigenvalue weighted by atomic mass is 16.5. The summed E-state index contributed by atoms with van der Waals surface area (Å²) in [4.78, 5) is 10.9. The van der Waals surface area contributed by atoms with Gasteiger partial charge in [0, 0.05) is 13.1 Å². The van der Waals surface area contributed by atoms with Crippen molar-refractivity contribution in [2.75, 3.05) is 36.5 Å². The van der Waals surface area contributed by atoms with Crippen molar-refractivity contribution in [1.29, 1.82) is 0 Å². The van der Waals surface area contributed by atoms with Crippen molar-refractivity contribution in [3.63, 3.8) is 0 Å². The fourth-order valence-corrected chi connectivity index (χ4v) is 2.08. The number of ether oxygens (including phenoxy) is 1. The first-order chi connectivity index (χ1) is 9.24.